The Labute approximate surface area is 152 Å². The molecule has 1 amide bonds. The highest BCUT2D eigenvalue weighted by molar-refractivity contribution is 7.92. The van der Waals surface area contributed by atoms with Crippen LogP contribution in [0.3, 0.4) is 0 Å². The summed E-state index contributed by atoms with van der Waals surface area (Å²) in [6, 6.07) is 12.0. The van der Waals surface area contributed by atoms with Crippen LogP contribution in [0.1, 0.15) is 28.8 Å². The van der Waals surface area contributed by atoms with Crippen molar-refractivity contribution in [3.63, 3.8) is 0 Å². The van der Waals surface area contributed by atoms with Gasteiger partial charge in [0.05, 0.1) is 11.4 Å². The lowest BCUT2D eigenvalue weighted by Gasteiger charge is -2.28. The molecule has 7 heteroatoms. The maximum Gasteiger partial charge on any atom is 0.255 e. The number of benzene rings is 2. The SMILES string of the molecule is Cc1ccc(Cl)cc1NC(=O)c1cccc(N2CCCCS2(=O)=O)c1. The van der Waals surface area contributed by atoms with Crippen LogP contribution >= 0.6 is 11.6 Å². The fourth-order valence-electron chi connectivity index (χ4n) is 2.80. The van der Waals surface area contributed by atoms with Crippen LogP contribution < -0.4 is 9.62 Å². The third kappa shape index (κ3) is 3.96. The van der Waals surface area contributed by atoms with E-state index in [4.69, 9.17) is 11.6 Å². The van der Waals surface area contributed by atoms with Crippen LogP contribution in [0, 0.1) is 6.92 Å². The van der Waals surface area contributed by atoms with Gasteiger partial charge in [0.2, 0.25) is 10.0 Å². The summed E-state index contributed by atoms with van der Waals surface area (Å²) in [6.07, 6.45) is 1.49. The highest BCUT2D eigenvalue weighted by Gasteiger charge is 2.26. The summed E-state index contributed by atoms with van der Waals surface area (Å²) in [7, 11) is -3.31. The Morgan fingerprint density at radius 2 is 1.96 bits per heavy atom. The van der Waals surface area contributed by atoms with Gasteiger partial charge < -0.3 is 5.32 Å². The molecule has 1 fully saturated rings. The van der Waals surface area contributed by atoms with Gasteiger partial charge in [-0.2, -0.15) is 0 Å². The first-order valence-corrected chi connectivity index (χ1v) is 10.0. The van der Waals surface area contributed by atoms with Crippen molar-refractivity contribution in [2.45, 2.75) is 19.8 Å². The van der Waals surface area contributed by atoms with Crippen molar-refractivity contribution in [2.75, 3.05) is 21.9 Å². The third-order valence-electron chi connectivity index (χ3n) is 4.19. The number of carbonyl (C=O) groups excluding carboxylic acids is 1. The quantitative estimate of drug-likeness (QED) is 0.882. The molecule has 132 valence electrons. The zero-order chi connectivity index (χ0) is 18.0. The minimum Gasteiger partial charge on any atom is -0.322 e. The van der Waals surface area contributed by atoms with E-state index in [2.05, 4.69) is 5.32 Å². The summed E-state index contributed by atoms with van der Waals surface area (Å²) in [5.74, 6) is -0.160. The maximum absolute atomic E-state index is 12.6. The van der Waals surface area contributed by atoms with Gasteiger partial charge in [-0.3, -0.25) is 9.10 Å². The number of halogens is 1. The normalized spacial score (nSPS) is 16.5. The molecule has 0 spiro atoms. The van der Waals surface area contributed by atoms with E-state index in [1.807, 2.05) is 13.0 Å². The summed E-state index contributed by atoms with van der Waals surface area (Å²) in [6.45, 7) is 2.32. The van der Waals surface area contributed by atoms with Gasteiger partial charge in [-0.1, -0.05) is 23.7 Å². The number of carbonyl (C=O) groups is 1. The Morgan fingerprint density at radius 3 is 2.72 bits per heavy atom. The number of nitrogens with one attached hydrogen (secondary N) is 1. The summed E-state index contributed by atoms with van der Waals surface area (Å²) in [5.41, 5.74) is 2.45. The van der Waals surface area contributed by atoms with Gasteiger partial charge in [-0.05, 0) is 55.7 Å². The fourth-order valence-corrected chi connectivity index (χ4v) is 4.61. The van der Waals surface area contributed by atoms with Crippen LogP contribution in [0.5, 0.6) is 0 Å². The molecule has 0 saturated carbocycles. The lowest BCUT2D eigenvalue weighted by molar-refractivity contribution is 0.102. The summed E-state index contributed by atoms with van der Waals surface area (Å²) < 4.78 is 25.9. The van der Waals surface area contributed by atoms with E-state index in [0.29, 0.717) is 34.9 Å². The Morgan fingerprint density at radius 1 is 1.16 bits per heavy atom. The lowest BCUT2D eigenvalue weighted by Crippen LogP contribution is -2.37. The Kier molecular flexibility index (Phi) is 5.01. The number of hydrogen-bond donors (Lipinski definition) is 1. The summed E-state index contributed by atoms with van der Waals surface area (Å²) in [5, 5.41) is 3.36. The van der Waals surface area contributed by atoms with Crippen LogP contribution in [-0.4, -0.2) is 26.6 Å². The fraction of sp³-hybridized carbons (Fsp3) is 0.278. The number of rotatable bonds is 3. The van der Waals surface area contributed by atoms with Crippen LogP contribution in [0.2, 0.25) is 5.02 Å². The topological polar surface area (TPSA) is 66.5 Å². The average molecular weight is 379 g/mol. The zero-order valence-electron chi connectivity index (χ0n) is 13.8. The number of amides is 1. The van der Waals surface area contributed by atoms with Crippen molar-refractivity contribution in [3.8, 4) is 0 Å². The average Bonchev–Trinajstić information content (AvgIpc) is 2.58. The first-order valence-electron chi connectivity index (χ1n) is 8.05. The molecule has 1 aliphatic heterocycles. The zero-order valence-corrected chi connectivity index (χ0v) is 15.4. The molecule has 0 aromatic heterocycles. The van der Waals surface area contributed by atoms with Crippen molar-refractivity contribution < 1.29 is 13.2 Å². The highest BCUT2D eigenvalue weighted by Crippen LogP contribution is 2.25. The number of sulfonamides is 1. The smallest absolute Gasteiger partial charge is 0.255 e. The van der Waals surface area contributed by atoms with Crippen molar-refractivity contribution in [3.05, 3.63) is 58.6 Å². The third-order valence-corrected chi connectivity index (χ3v) is 6.30. The van der Waals surface area contributed by atoms with Crippen molar-refractivity contribution in [1.82, 2.24) is 0 Å². The second kappa shape index (κ2) is 7.06. The molecule has 0 bridgehead atoms. The molecule has 1 N–H and O–H groups in total. The first kappa shape index (κ1) is 17.8. The molecule has 0 atom stereocenters. The van der Waals surface area contributed by atoms with E-state index in [1.165, 1.54) is 4.31 Å². The molecule has 0 aliphatic carbocycles. The number of nitrogens with zero attached hydrogens (tertiary/aromatic N) is 1. The Bertz CT molecular complexity index is 912. The molecule has 2 aromatic carbocycles. The molecular formula is C18H19ClN2O3S. The van der Waals surface area contributed by atoms with E-state index in [-0.39, 0.29) is 11.7 Å². The van der Waals surface area contributed by atoms with Gasteiger partial charge in [-0.25, -0.2) is 8.42 Å². The Hall–Kier alpha value is -2.05. The van der Waals surface area contributed by atoms with E-state index < -0.39 is 10.0 Å². The minimum absolute atomic E-state index is 0.144. The van der Waals surface area contributed by atoms with E-state index in [9.17, 15) is 13.2 Å². The van der Waals surface area contributed by atoms with Gasteiger partial charge in [0.15, 0.2) is 0 Å². The number of hydrogen-bond acceptors (Lipinski definition) is 3. The second-order valence-corrected chi connectivity index (χ2v) is 8.51. The van der Waals surface area contributed by atoms with Crippen LogP contribution in [0.15, 0.2) is 42.5 Å². The van der Waals surface area contributed by atoms with Gasteiger partial charge >= 0.3 is 0 Å². The van der Waals surface area contributed by atoms with Gasteiger partial charge in [-0.15, -0.1) is 0 Å². The predicted molar refractivity (Wildman–Crippen MR) is 101 cm³/mol. The van der Waals surface area contributed by atoms with E-state index in [0.717, 1.165) is 12.0 Å². The second-order valence-electron chi connectivity index (χ2n) is 6.06. The van der Waals surface area contributed by atoms with Crippen LogP contribution in [-0.2, 0) is 10.0 Å². The van der Waals surface area contributed by atoms with Crippen molar-refractivity contribution in [1.29, 1.82) is 0 Å². The monoisotopic (exact) mass is 378 g/mol. The molecule has 5 nitrogen and oxygen atoms in total. The largest absolute Gasteiger partial charge is 0.322 e. The molecule has 3 rings (SSSR count). The number of anilines is 2. The highest BCUT2D eigenvalue weighted by atomic mass is 35.5. The summed E-state index contributed by atoms with van der Waals surface area (Å²) >= 11 is 5.98. The molecule has 2 aromatic rings. The van der Waals surface area contributed by atoms with Gasteiger partial charge in [0, 0.05) is 22.8 Å². The minimum atomic E-state index is -3.31. The standard InChI is InChI=1S/C18H19ClN2O3S/c1-13-7-8-15(19)12-17(13)20-18(22)14-5-4-6-16(11-14)21-9-2-3-10-25(21,23)24/h4-8,11-12H,2-3,9-10H2,1H3,(H,20,22). The van der Waals surface area contributed by atoms with Crippen molar-refractivity contribution in [2.24, 2.45) is 0 Å². The van der Waals surface area contributed by atoms with Gasteiger partial charge in [0.1, 0.15) is 0 Å². The molecule has 1 aliphatic rings. The molecule has 0 radical (unpaired) electrons. The molecule has 25 heavy (non-hydrogen) atoms. The van der Waals surface area contributed by atoms with E-state index in [1.54, 1.807) is 36.4 Å². The number of aryl methyl sites for hydroxylation is 1. The molecule has 1 saturated heterocycles. The lowest BCUT2D eigenvalue weighted by atomic mass is 10.1. The molecular weight excluding hydrogens is 360 g/mol. The van der Waals surface area contributed by atoms with Crippen LogP contribution in [0.4, 0.5) is 11.4 Å². The Balaban J connectivity index is 1.86. The van der Waals surface area contributed by atoms with Gasteiger partial charge in [0.25, 0.3) is 5.91 Å². The van der Waals surface area contributed by atoms with Crippen LogP contribution in [0.25, 0.3) is 0 Å². The summed E-state index contributed by atoms with van der Waals surface area (Å²) in [4.78, 5) is 12.6. The van der Waals surface area contributed by atoms with Crippen molar-refractivity contribution >= 4 is 38.9 Å². The predicted octanol–water partition coefficient (Wildman–Crippen LogP) is 3.83. The molecule has 0 unspecified atom stereocenters. The molecule has 1 heterocycles. The first-order chi connectivity index (χ1) is 11.9. The van der Waals surface area contributed by atoms with E-state index >= 15 is 0 Å². The maximum atomic E-state index is 12.6.